The molecular weight excluding hydrogens is 246 g/mol. The summed E-state index contributed by atoms with van der Waals surface area (Å²) in [4.78, 5) is 0.373. The molecule has 1 unspecified atom stereocenters. The SMILES string of the molecule is CCCCC(CC)Nc1cccc(S(C)(=O)=O)c1. The van der Waals surface area contributed by atoms with Crippen LogP contribution in [0.4, 0.5) is 5.69 Å². The van der Waals surface area contributed by atoms with E-state index in [1.54, 1.807) is 18.2 Å². The standard InChI is InChI=1S/C14H23NO2S/c1-4-6-8-12(5-2)15-13-9-7-10-14(11-13)18(3,16)17/h7,9-12,15H,4-6,8H2,1-3H3. The van der Waals surface area contributed by atoms with Gasteiger partial charge in [0.25, 0.3) is 0 Å². The van der Waals surface area contributed by atoms with Gasteiger partial charge in [0.1, 0.15) is 0 Å². The van der Waals surface area contributed by atoms with Gasteiger partial charge in [0, 0.05) is 18.0 Å². The van der Waals surface area contributed by atoms with Gasteiger partial charge in [-0.1, -0.05) is 32.8 Å². The molecule has 0 heterocycles. The van der Waals surface area contributed by atoms with Gasteiger partial charge in [-0.3, -0.25) is 0 Å². The van der Waals surface area contributed by atoms with Crippen LogP contribution in [0.5, 0.6) is 0 Å². The maximum Gasteiger partial charge on any atom is 0.175 e. The highest BCUT2D eigenvalue weighted by atomic mass is 32.2. The highest BCUT2D eigenvalue weighted by Crippen LogP contribution is 2.18. The highest BCUT2D eigenvalue weighted by molar-refractivity contribution is 7.90. The summed E-state index contributed by atoms with van der Waals surface area (Å²) in [5, 5.41) is 3.41. The lowest BCUT2D eigenvalue weighted by Crippen LogP contribution is -2.18. The second-order valence-corrected chi connectivity index (χ2v) is 6.71. The molecule has 4 heteroatoms. The summed E-state index contributed by atoms with van der Waals surface area (Å²) in [6, 6.07) is 7.46. The topological polar surface area (TPSA) is 46.2 Å². The average Bonchev–Trinajstić information content (AvgIpc) is 2.33. The fourth-order valence-corrected chi connectivity index (χ4v) is 2.55. The summed E-state index contributed by atoms with van der Waals surface area (Å²) >= 11 is 0. The molecule has 1 aromatic rings. The van der Waals surface area contributed by atoms with Crippen LogP contribution in [0, 0.1) is 0 Å². The molecule has 0 bridgehead atoms. The van der Waals surface area contributed by atoms with Gasteiger partial charge in [0.05, 0.1) is 4.90 Å². The normalized spacial score (nSPS) is 13.3. The lowest BCUT2D eigenvalue weighted by molar-refractivity contribution is 0.592. The van der Waals surface area contributed by atoms with Crippen LogP contribution in [0.1, 0.15) is 39.5 Å². The molecule has 0 aliphatic heterocycles. The number of sulfone groups is 1. The molecule has 18 heavy (non-hydrogen) atoms. The fraction of sp³-hybridized carbons (Fsp3) is 0.571. The first kappa shape index (κ1) is 15.0. The van der Waals surface area contributed by atoms with Crippen LogP contribution in [0.3, 0.4) is 0 Å². The van der Waals surface area contributed by atoms with E-state index in [0.29, 0.717) is 10.9 Å². The number of hydrogen-bond acceptors (Lipinski definition) is 3. The summed E-state index contributed by atoms with van der Waals surface area (Å²) in [7, 11) is -3.12. The Morgan fingerprint density at radius 3 is 2.56 bits per heavy atom. The van der Waals surface area contributed by atoms with Crippen molar-refractivity contribution >= 4 is 15.5 Å². The monoisotopic (exact) mass is 269 g/mol. The molecule has 3 nitrogen and oxygen atoms in total. The van der Waals surface area contributed by atoms with Crippen LogP contribution in [-0.4, -0.2) is 20.7 Å². The first-order chi connectivity index (χ1) is 8.47. The molecule has 1 rings (SSSR count). The van der Waals surface area contributed by atoms with Gasteiger partial charge in [-0.25, -0.2) is 8.42 Å². The molecule has 0 spiro atoms. The second-order valence-electron chi connectivity index (χ2n) is 4.69. The first-order valence-electron chi connectivity index (χ1n) is 6.54. The Bertz CT molecular complexity index is 468. The van der Waals surface area contributed by atoms with Gasteiger partial charge in [-0.05, 0) is 31.0 Å². The number of rotatable bonds is 7. The van der Waals surface area contributed by atoms with Crippen LogP contribution in [0.2, 0.25) is 0 Å². The Kier molecular flexibility index (Phi) is 5.66. The van der Waals surface area contributed by atoms with E-state index in [0.717, 1.165) is 18.5 Å². The van der Waals surface area contributed by atoms with Crippen molar-refractivity contribution in [1.29, 1.82) is 0 Å². The Labute approximate surface area is 111 Å². The molecule has 1 atom stereocenters. The van der Waals surface area contributed by atoms with Gasteiger partial charge >= 0.3 is 0 Å². The maximum absolute atomic E-state index is 11.5. The Morgan fingerprint density at radius 2 is 2.00 bits per heavy atom. The van der Waals surface area contributed by atoms with Gasteiger partial charge in [-0.15, -0.1) is 0 Å². The van der Waals surface area contributed by atoms with Crippen LogP contribution < -0.4 is 5.32 Å². The molecule has 0 aliphatic carbocycles. The van der Waals surface area contributed by atoms with Crippen molar-refractivity contribution < 1.29 is 8.42 Å². The van der Waals surface area contributed by atoms with Crippen molar-refractivity contribution in [2.24, 2.45) is 0 Å². The third kappa shape index (κ3) is 4.69. The van der Waals surface area contributed by atoms with Crippen molar-refractivity contribution in [2.45, 2.75) is 50.5 Å². The molecule has 0 radical (unpaired) electrons. The third-order valence-corrected chi connectivity index (χ3v) is 4.14. The molecule has 0 aromatic heterocycles. The van der Waals surface area contributed by atoms with Gasteiger partial charge in [-0.2, -0.15) is 0 Å². The molecule has 0 aliphatic rings. The molecule has 102 valence electrons. The molecule has 1 N–H and O–H groups in total. The summed E-state index contributed by atoms with van der Waals surface area (Å²) in [5.41, 5.74) is 0.890. The van der Waals surface area contributed by atoms with Crippen LogP contribution in [-0.2, 0) is 9.84 Å². The van der Waals surface area contributed by atoms with Crippen molar-refractivity contribution in [3.63, 3.8) is 0 Å². The number of hydrogen-bond donors (Lipinski definition) is 1. The minimum Gasteiger partial charge on any atom is -0.382 e. The first-order valence-corrected chi connectivity index (χ1v) is 8.43. The number of anilines is 1. The van der Waals surface area contributed by atoms with Crippen molar-refractivity contribution in [1.82, 2.24) is 0 Å². The predicted octanol–water partition coefficient (Wildman–Crippen LogP) is 3.47. The lowest BCUT2D eigenvalue weighted by Gasteiger charge is -2.18. The van der Waals surface area contributed by atoms with Crippen molar-refractivity contribution in [2.75, 3.05) is 11.6 Å². The molecule has 0 saturated carbocycles. The molecular formula is C14H23NO2S. The average molecular weight is 269 g/mol. The molecule has 0 fully saturated rings. The van der Waals surface area contributed by atoms with Gasteiger partial charge in [0.15, 0.2) is 9.84 Å². The van der Waals surface area contributed by atoms with E-state index >= 15 is 0 Å². The van der Waals surface area contributed by atoms with E-state index < -0.39 is 9.84 Å². The van der Waals surface area contributed by atoms with E-state index in [1.165, 1.54) is 19.1 Å². The predicted molar refractivity (Wildman–Crippen MR) is 76.8 cm³/mol. The summed E-state index contributed by atoms with van der Waals surface area (Å²) in [6.45, 7) is 4.32. The van der Waals surface area contributed by atoms with E-state index in [4.69, 9.17) is 0 Å². The Morgan fingerprint density at radius 1 is 1.28 bits per heavy atom. The maximum atomic E-state index is 11.5. The zero-order valence-electron chi connectivity index (χ0n) is 11.4. The van der Waals surface area contributed by atoms with Crippen molar-refractivity contribution in [3.8, 4) is 0 Å². The van der Waals surface area contributed by atoms with Crippen molar-refractivity contribution in [3.05, 3.63) is 24.3 Å². The number of unbranched alkanes of at least 4 members (excludes halogenated alkanes) is 1. The van der Waals surface area contributed by atoms with E-state index in [-0.39, 0.29) is 0 Å². The summed E-state index contributed by atoms with van der Waals surface area (Å²) in [6.07, 6.45) is 5.78. The zero-order valence-corrected chi connectivity index (χ0v) is 12.3. The van der Waals surface area contributed by atoms with Crippen LogP contribution >= 0.6 is 0 Å². The van der Waals surface area contributed by atoms with E-state index in [2.05, 4.69) is 19.2 Å². The fourth-order valence-electron chi connectivity index (χ4n) is 1.88. The molecule has 0 amide bonds. The Hall–Kier alpha value is -1.03. The third-order valence-electron chi connectivity index (χ3n) is 3.03. The minimum atomic E-state index is -3.12. The highest BCUT2D eigenvalue weighted by Gasteiger charge is 2.09. The quantitative estimate of drug-likeness (QED) is 0.824. The van der Waals surface area contributed by atoms with Gasteiger partial charge in [0.2, 0.25) is 0 Å². The summed E-state index contributed by atoms with van der Waals surface area (Å²) in [5.74, 6) is 0. The minimum absolute atomic E-state index is 0.373. The molecule has 1 aromatic carbocycles. The smallest absolute Gasteiger partial charge is 0.175 e. The van der Waals surface area contributed by atoms with E-state index in [9.17, 15) is 8.42 Å². The number of benzene rings is 1. The second kappa shape index (κ2) is 6.78. The zero-order chi connectivity index (χ0) is 13.6. The van der Waals surface area contributed by atoms with Crippen LogP contribution in [0.25, 0.3) is 0 Å². The number of nitrogens with one attached hydrogen (secondary N) is 1. The lowest BCUT2D eigenvalue weighted by atomic mass is 10.1. The van der Waals surface area contributed by atoms with Gasteiger partial charge < -0.3 is 5.32 Å². The van der Waals surface area contributed by atoms with Crippen LogP contribution in [0.15, 0.2) is 29.2 Å². The Balaban J connectivity index is 2.78. The summed E-state index contributed by atoms with van der Waals surface area (Å²) < 4.78 is 23.0. The van der Waals surface area contributed by atoms with E-state index in [1.807, 2.05) is 6.07 Å². The largest absolute Gasteiger partial charge is 0.382 e. The molecule has 0 saturated heterocycles.